The number of hydrogen-bond acceptors (Lipinski definition) is 3. The molecule has 2 heterocycles. The molecule has 0 radical (unpaired) electrons. The van der Waals surface area contributed by atoms with E-state index in [0.29, 0.717) is 12.1 Å². The number of aromatic nitrogens is 2. The zero-order chi connectivity index (χ0) is 16.4. The molecule has 1 aromatic carbocycles. The second-order valence-electron chi connectivity index (χ2n) is 5.90. The van der Waals surface area contributed by atoms with E-state index < -0.39 is 0 Å². The molecule has 2 N–H and O–H groups in total. The Bertz CT molecular complexity index is 695. The van der Waals surface area contributed by atoms with E-state index in [1.165, 1.54) is 0 Å². The van der Waals surface area contributed by atoms with Gasteiger partial charge >= 0.3 is 0 Å². The van der Waals surface area contributed by atoms with Gasteiger partial charge in [0.15, 0.2) is 0 Å². The maximum atomic E-state index is 12.8. The van der Waals surface area contributed by atoms with Gasteiger partial charge in [0.1, 0.15) is 0 Å². The Morgan fingerprint density at radius 1 is 1.39 bits per heavy atom. The van der Waals surface area contributed by atoms with Crippen LogP contribution in [0.25, 0.3) is 5.69 Å². The average Bonchev–Trinajstić information content (AvgIpc) is 2.98. The van der Waals surface area contributed by atoms with Crippen molar-refractivity contribution in [2.75, 3.05) is 13.1 Å². The summed E-state index contributed by atoms with van der Waals surface area (Å²) in [5, 5.41) is 4.44. The number of hydrogen-bond donors (Lipinski definition) is 1. The molecule has 1 aliphatic rings. The second kappa shape index (κ2) is 6.84. The van der Waals surface area contributed by atoms with Crippen LogP contribution in [0.1, 0.15) is 35.8 Å². The van der Waals surface area contributed by atoms with Crippen molar-refractivity contribution in [1.29, 1.82) is 0 Å². The normalized spacial score (nSPS) is 18.2. The number of carbonyl (C=O) groups is 1. The highest BCUT2D eigenvalue weighted by Crippen LogP contribution is 2.21. The van der Waals surface area contributed by atoms with Crippen molar-refractivity contribution < 1.29 is 4.79 Å². The van der Waals surface area contributed by atoms with Gasteiger partial charge in [0.25, 0.3) is 5.91 Å². The predicted molar refractivity (Wildman–Crippen MR) is 93.8 cm³/mol. The quantitative estimate of drug-likeness (QED) is 0.895. The zero-order valence-corrected chi connectivity index (χ0v) is 14.8. The summed E-state index contributed by atoms with van der Waals surface area (Å²) in [5.74, 6) is 0.0420. The summed E-state index contributed by atoms with van der Waals surface area (Å²) >= 11 is 3.44. The SMILES string of the molecule is CCc1c(C(=O)N2CCC[C@@H](N)C2)cnn1-c1ccc(Br)cc1. The summed E-state index contributed by atoms with van der Waals surface area (Å²) in [4.78, 5) is 14.7. The van der Waals surface area contributed by atoms with Crippen LogP contribution in [0.2, 0.25) is 0 Å². The number of nitrogens with two attached hydrogens (primary N) is 1. The average molecular weight is 377 g/mol. The largest absolute Gasteiger partial charge is 0.337 e. The smallest absolute Gasteiger partial charge is 0.257 e. The summed E-state index contributed by atoms with van der Waals surface area (Å²) in [7, 11) is 0. The molecule has 0 bridgehead atoms. The van der Waals surface area contributed by atoms with Gasteiger partial charge in [0, 0.05) is 23.6 Å². The summed E-state index contributed by atoms with van der Waals surface area (Å²) in [5.41, 5.74) is 8.59. The molecule has 1 fully saturated rings. The molecule has 1 aliphatic heterocycles. The first-order valence-corrected chi connectivity index (χ1v) is 8.77. The second-order valence-corrected chi connectivity index (χ2v) is 6.82. The monoisotopic (exact) mass is 376 g/mol. The first kappa shape index (κ1) is 16.2. The van der Waals surface area contributed by atoms with E-state index in [1.807, 2.05) is 40.8 Å². The lowest BCUT2D eigenvalue weighted by Gasteiger charge is -2.30. The molecule has 1 amide bonds. The number of amides is 1. The third-order valence-electron chi connectivity index (χ3n) is 4.25. The molecule has 5 nitrogen and oxygen atoms in total. The standard InChI is InChI=1S/C17H21BrN4O/c1-2-16-15(17(23)21-9-3-4-13(19)11-21)10-20-22(16)14-7-5-12(18)6-8-14/h5-8,10,13H,2-4,9,11,19H2,1H3/t13-/m1/s1. The lowest BCUT2D eigenvalue weighted by molar-refractivity contribution is 0.0707. The van der Waals surface area contributed by atoms with Crippen molar-refractivity contribution in [2.45, 2.75) is 32.2 Å². The number of rotatable bonds is 3. The van der Waals surface area contributed by atoms with E-state index in [2.05, 4.69) is 21.0 Å². The van der Waals surface area contributed by atoms with E-state index in [-0.39, 0.29) is 11.9 Å². The minimum atomic E-state index is 0.0420. The Labute approximate surface area is 144 Å². The molecule has 6 heteroatoms. The van der Waals surface area contributed by atoms with E-state index >= 15 is 0 Å². The van der Waals surface area contributed by atoms with Crippen LogP contribution in [0.5, 0.6) is 0 Å². The van der Waals surface area contributed by atoms with Gasteiger partial charge in [-0.2, -0.15) is 5.10 Å². The Morgan fingerprint density at radius 3 is 2.78 bits per heavy atom. The Balaban J connectivity index is 1.91. The molecule has 1 atom stereocenters. The van der Waals surface area contributed by atoms with Crippen LogP contribution in [0.4, 0.5) is 0 Å². The van der Waals surface area contributed by atoms with Crippen molar-refractivity contribution >= 4 is 21.8 Å². The molecule has 1 aromatic heterocycles. The third kappa shape index (κ3) is 3.33. The number of nitrogens with zero attached hydrogens (tertiary/aromatic N) is 3. The van der Waals surface area contributed by atoms with Gasteiger partial charge in [-0.1, -0.05) is 22.9 Å². The van der Waals surface area contributed by atoms with Crippen molar-refractivity contribution in [3.05, 3.63) is 46.2 Å². The Morgan fingerprint density at radius 2 is 2.13 bits per heavy atom. The highest BCUT2D eigenvalue weighted by atomic mass is 79.9. The van der Waals surface area contributed by atoms with Gasteiger partial charge in [-0.05, 0) is 43.5 Å². The number of halogens is 1. The van der Waals surface area contributed by atoms with Gasteiger partial charge in [0.05, 0.1) is 23.1 Å². The van der Waals surface area contributed by atoms with Crippen LogP contribution in [0.3, 0.4) is 0 Å². The number of likely N-dealkylation sites (tertiary alicyclic amines) is 1. The summed E-state index contributed by atoms with van der Waals surface area (Å²) in [6.07, 6.45) is 4.39. The minimum absolute atomic E-state index is 0.0420. The minimum Gasteiger partial charge on any atom is -0.337 e. The molecule has 1 saturated heterocycles. The molecule has 2 aromatic rings. The number of piperidine rings is 1. The summed E-state index contributed by atoms with van der Waals surface area (Å²) in [6.45, 7) is 3.45. The first-order valence-electron chi connectivity index (χ1n) is 7.98. The van der Waals surface area contributed by atoms with E-state index in [1.54, 1.807) is 6.20 Å². The molecule has 0 unspecified atom stereocenters. The maximum Gasteiger partial charge on any atom is 0.257 e. The topological polar surface area (TPSA) is 64.2 Å². The van der Waals surface area contributed by atoms with Crippen LogP contribution in [-0.2, 0) is 6.42 Å². The molecule has 122 valence electrons. The van der Waals surface area contributed by atoms with Crippen molar-refractivity contribution in [3.63, 3.8) is 0 Å². The van der Waals surface area contributed by atoms with Gasteiger partial charge in [-0.25, -0.2) is 4.68 Å². The fraction of sp³-hybridized carbons (Fsp3) is 0.412. The van der Waals surface area contributed by atoms with Crippen molar-refractivity contribution in [3.8, 4) is 5.69 Å². The summed E-state index contributed by atoms with van der Waals surface area (Å²) in [6, 6.07) is 8.01. The maximum absolute atomic E-state index is 12.8. The lowest BCUT2D eigenvalue weighted by Crippen LogP contribution is -2.45. The van der Waals surface area contributed by atoms with Crippen LogP contribution in [0.15, 0.2) is 34.9 Å². The highest BCUT2D eigenvalue weighted by molar-refractivity contribution is 9.10. The first-order chi connectivity index (χ1) is 11.1. The zero-order valence-electron chi connectivity index (χ0n) is 13.2. The van der Waals surface area contributed by atoms with Crippen LogP contribution >= 0.6 is 15.9 Å². The van der Waals surface area contributed by atoms with E-state index in [0.717, 1.165) is 41.7 Å². The van der Waals surface area contributed by atoms with Gasteiger partial charge in [-0.15, -0.1) is 0 Å². The molecule has 23 heavy (non-hydrogen) atoms. The van der Waals surface area contributed by atoms with Gasteiger partial charge in [0.2, 0.25) is 0 Å². The lowest BCUT2D eigenvalue weighted by atomic mass is 10.1. The van der Waals surface area contributed by atoms with Crippen molar-refractivity contribution in [2.24, 2.45) is 5.73 Å². The predicted octanol–water partition coefficient (Wildman–Crippen LogP) is 2.76. The van der Waals surface area contributed by atoms with E-state index in [4.69, 9.17) is 5.73 Å². The van der Waals surface area contributed by atoms with Crippen molar-refractivity contribution in [1.82, 2.24) is 14.7 Å². The molecule has 3 rings (SSSR count). The molecular weight excluding hydrogens is 356 g/mol. The van der Waals surface area contributed by atoms with Crippen LogP contribution in [0, 0.1) is 0 Å². The molecule has 0 saturated carbocycles. The number of carbonyl (C=O) groups excluding carboxylic acids is 1. The molecule has 0 spiro atoms. The Kier molecular flexibility index (Phi) is 4.82. The Hall–Kier alpha value is -1.66. The molecular formula is C17H21BrN4O. The third-order valence-corrected chi connectivity index (χ3v) is 4.78. The van der Waals surface area contributed by atoms with E-state index in [9.17, 15) is 4.79 Å². The number of benzene rings is 1. The summed E-state index contributed by atoms with van der Waals surface area (Å²) < 4.78 is 2.87. The van der Waals surface area contributed by atoms with Crippen LogP contribution < -0.4 is 5.73 Å². The fourth-order valence-electron chi connectivity index (χ4n) is 3.06. The van der Waals surface area contributed by atoms with Gasteiger partial charge < -0.3 is 10.6 Å². The molecule has 0 aliphatic carbocycles. The van der Waals surface area contributed by atoms with Crippen LogP contribution in [-0.4, -0.2) is 39.7 Å². The van der Waals surface area contributed by atoms with Gasteiger partial charge in [-0.3, -0.25) is 4.79 Å². The fourth-order valence-corrected chi connectivity index (χ4v) is 3.33. The highest BCUT2D eigenvalue weighted by Gasteiger charge is 2.26.